The van der Waals surface area contributed by atoms with Gasteiger partial charge in [0.25, 0.3) is 0 Å². The minimum absolute atomic E-state index is 0.0586. The molecule has 2 aliphatic carbocycles. The lowest BCUT2D eigenvalue weighted by atomic mass is 9.94. The number of nitrogens with zero attached hydrogens (tertiary/aromatic N) is 3. The van der Waals surface area contributed by atoms with Gasteiger partial charge in [0.15, 0.2) is 5.78 Å². The second-order valence-electron chi connectivity index (χ2n) is 8.88. The molecule has 3 aromatic rings. The number of halogens is 2. The van der Waals surface area contributed by atoms with Gasteiger partial charge in [-0.2, -0.15) is 4.39 Å². The average molecular weight is 440 g/mol. The van der Waals surface area contributed by atoms with E-state index >= 15 is 0 Å². The Morgan fingerprint density at radius 3 is 2.62 bits per heavy atom. The Balaban J connectivity index is 1.39. The zero-order valence-corrected chi connectivity index (χ0v) is 17.9. The molecule has 2 fully saturated rings. The number of aromatic nitrogens is 4. The van der Waals surface area contributed by atoms with E-state index in [0.717, 1.165) is 0 Å². The molecule has 0 radical (unpaired) electrons. The van der Waals surface area contributed by atoms with Gasteiger partial charge in [-0.15, -0.1) is 0 Å². The van der Waals surface area contributed by atoms with Gasteiger partial charge in [0, 0.05) is 18.3 Å². The van der Waals surface area contributed by atoms with Crippen molar-refractivity contribution >= 4 is 28.5 Å². The lowest BCUT2D eigenvalue weighted by molar-refractivity contribution is 0.103. The van der Waals surface area contributed by atoms with Crippen LogP contribution in [0.25, 0.3) is 11.0 Å². The van der Waals surface area contributed by atoms with Crippen LogP contribution in [0.1, 0.15) is 61.4 Å². The quantitative estimate of drug-likeness (QED) is 0.366. The number of alkyl halides is 1. The second kappa shape index (κ2) is 8.44. The van der Waals surface area contributed by atoms with E-state index < -0.39 is 17.9 Å². The fourth-order valence-corrected chi connectivity index (χ4v) is 4.42. The van der Waals surface area contributed by atoms with Crippen molar-refractivity contribution in [3.63, 3.8) is 0 Å². The normalized spacial score (nSPS) is 22.0. The summed E-state index contributed by atoms with van der Waals surface area (Å²) in [6, 6.07) is 3.32. The number of fused-ring (bicyclic) bond motifs is 1. The molecule has 3 heterocycles. The van der Waals surface area contributed by atoms with Gasteiger partial charge in [0.2, 0.25) is 5.95 Å². The number of carbonyl (C=O) groups excluding carboxylic acids is 1. The van der Waals surface area contributed by atoms with E-state index in [4.69, 9.17) is 0 Å². The molecule has 32 heavy (non-hydrogen) atoms. The van der Waals surface area contributed by atoms with Gasteiger partial charge >= 0.3 is 0 Å². The minimum Gasteiger partial charge on any atom is -0.367 e. The Kier molecular flexibility index (Phi) is 5.48. The van der Waals surface area contributed by atoms with Crippen LogP contribution in [-0.2, 0) is 0 Å². The first-order valence-electron chi connectivity index (χ1n) is 11.2. The summed E-state index contributed by atoms with van der Waals surface area (Å²) >= 11 is 0. The molecule has 3 N–H and O–H groups in total. The molecule has 168 valence electrons. The van der Waals surface area contributed by atoms with Crippen LogP contribution in [0.2, 0.25) is 0 Å². The first-order chi connectivity index (χ1) is 15.5. The summed E-state index contributed by atoms with van der Waals surface area (Å²) in [6.07, 6.45) is 6.91. The molecule has 9 heteroatoms. The van der Waals surface area contributed by atoms with Gasteiger partial charge in [-0.25, -0.2) is 19.3 Å². The van der Waals surface area contributed by atoms with E-state index in [1.54, 1.807) is 6.07 Å². The van der Waals surface area contributed by atoms with Crippen LogP contribution in [0.3, 0.4) is 0 Å². The first-order valence-corrected chi connectivity index (χ1v) is 11.2. The highest BCUT2D eigenvalue weighted by molar-refractivity contribution is 6.18. The summed E-state index contributed by atoms with van der Waals surface area (Å²) in [4.78, 5) is 28.7. The monoisotopic (exact) mass is 440 g/mol. The molecule has 0 aliphatic heterocycles. The Labute approximate surface area is 184 Å². The van der Waals surface area contributed by atoms with Crippen molar-refractivity contribution in [1.82, 2.24) is 19.9 Å². The topological polar surface area (TPSA) is 95.6 Å². The van der Waals surface area contributed by atoms with E-state index in [1.807, 2.05) is 0 Å². The van der Waals surface area contributed by atoms with E-state index in [9.17, 15) is 13.6 Å². The molecule has 2 aliphatic rings. The van der Waals surface area contributed by atoms with Crippen molar-refractivity contribution in [3.05, 3.63) is 41.7 Å². The maximum atomic E-state index is 14.8. The Morgan fingerprint density at radius 2 is 1.91 bits per heavy atom. The third kappa shape index (κ3) is 4.16. The van der Waals surface area contributed by atoms with Crippen molar-refractivity contribution < 1.29 is 13.6 Å². The van der Waals surface area contributed by atoms with Crippen LogP contribution in [0.4, 0.5) is 20.4 Å². The molecule has 1 atom stereocenters. The maximum Gasteiger partial charge on any atom is 0.226 e. The molecular formula is C23H26F2N6O. The fourth-order valence-electron chi connectivity index (χ4n) is 4.42. The molecule has 2 saturated carbocycles. The van der Waals surface area contributed by atoms with Gasteiger partial charge in [-0.05, 0) is 63.5 Å². The third-order valence-corrected chi connectivity index (χ3v) is 6.51. The fraction of sp³-hybridized carbons (Fsp3) is 0.478. The number of nitrogens with one attached hydrogen (secondary N) is 3. The number of H-pyrrole nitrogens is 1. The Morgan fingerprint density at radius 1 is 1.12 bits per heavy atom. The number of rotatable bonds is 7. The lowest BCUT2D eigenvalue weighted by Gasteiger charge is -2.25. The van der Waals surface area contributed by atoms with Crippen molar-refractivity contribution in [2.75, 3.05) is 10.6 Å². The molecule has 1 unspecified atom stereocenters. The minimum atomic E-state index is -0.841. The lowest BCUT2D eigenvalue weighted by Crippen LogP contribution is -2.27. The number of hydrogen-bond acceptors (Lipinski definition) is 6. The number of carbonyl (C=O) groups is 1. The SMILES string of the molecule is CC(Nc1ncnc2[nH]cc(C(=O)c3ccc(NC4CCC(F)CC4)nc3F)c12)C1CC1. The second-order valence-corrected chi connectivity index (χ2v) is 8.88. The van der Waals surface area contributed by atoms with Crippen molar-refractivity contribution in [2.24, 2.45) is 5.92 Å². The number of anilines is 2. The summed E-state index contributed by atoms with van der Waals surface area (Å²) in [7, 11) is 0. The first kappa shape index (κ1) is 20.8. The highest BCUT2D eigenvalue weighted by atomic mass is 19.1. The van der Waals surface area contributed by atoms with Gasteiger partial charge < -0.3 is 15.6 Å². The number of ketones is 1. The summed E-state index contributed by atoms with van der Waals surface area (Å²) in [5, 5.41) is 7.09. The molecule has 0 spiro atoms. The molecule has 0 aromatic carbocycles. The number of aromatic amines is 1. The highest BCUT2D eigenvalue weighted by Crippen LogP contribution is 2.35. The zero-order chi connectivity index (χ0) is 22.2. The van der Waals surface area contributed by atoms with Crippen LogP contribution in [0, 0.1) is 11.9 Å². The predicted octanol–water partition coefficient (Wildman–Crippen LogP) is 4.63. The molecule has 3 aromatic heterocycles. The largest absolute Gasteiger partial charge is 0.367 e. The van der Waals surface area contributed by atoms with Crippen molar-refractivity contribution in [3.8, 4) is 0 Å². The highest BCUT2D eigenvalue weighted by Gasteiger charge is 2.29. The van der Waals surface area contributed by atoms with Gasteiger partial charge in [0.1, 0.15) is 29.8 Å². The summed E-state index contributed by atoms with van der Waals surface area (Å²) in [5.41, 5.74) is 0.701. The smallest absolute Gasteiger partial charge is 0.226 e. The van der Waals surface area contributed by atoms with Crippen LogP contribution >= 0.6 is 0 Å². The van der Waals surface area contributed by atoms with Gasteiger partial charge in [-0.1, -0.05) is 0 Å². The van der Waals surface area contributed by atoms with Crippen molar-refractivity contribution in [1.29, 1.82) is 0 Å². The Bertz CT molecular complexity index is 1140. The summed E-state index contributed by atoms with van der Waals surface area (Å²) in [6.45, 7) is 2.09. The summed E-state index contributed by atoms with van der Waals surface area (Å²) < 4.78 is 28.2. The standard InChI is InChI=1S/C23H26F2N6O/c1-12(13-2-3-13)29-23-19-17(10-26-22(19)27-11-28-23)20(32)16-8-9-18(31-21(16)25)30-15-6-4-14(24)5-7-15/h8-15H,2-7H2,1H3,(H,30,31)(H2,26,27,28,29). The van der Waals surface area contributed by atoms with E-state index in [-0.39, 0.29) is 17.6 Å². The molecule has 5 rings (SSSR count). The molecule has 0 bridgehead atoms. The van der Waals surface area contributed by atoms with Gasteiger partial charge in [0.05, 0.1) is 16.5 Å². The van der Waals surface area contributed by atoms with Crippen molar-refractivity contribution in [2.45, 2.75) is 63.7 Å². The van der Waals surface area contributed by atoms with Crippen LogP contribution in [-0.4, -0.2) is 44.0 Å². The van der Waals surface area contributed by atoms with E-state index in [1.165, 1.54) is 31.4 Å². The van der Waals surface area contributed by atoms with E-state index in [0.29, 0.717) is 59.8 Å². The summed E-state index contributed by atoms with van der Waals surface area (Å²) in [5.74, 6) is 0.187. The average Bonchev–Trinajstić information content (AvgIpc) is 3.54. The van der Waals surface area contributed by atoms with Crippen LogP contribution < -0.4 is 10.6 Å². The van der Waals surface area contributed by atoms with E-state index in [2.05, 4.69) is 37.5 Å². The predicted molar refractivity (Wildman–Crippen MR) is 118 cm³/mol. The maximum absolute atomic E-state index is 14.8. The van der Waals surface area contributed by atoms with Crippen LogP contribution in [0.15, 0.2) is 24.7 Å². The zero-order valence-electron chi connectivity index (χ0n) is 17.9. The third-order valence-electron chi connectivity index (χ3n) is 6.51. The number of pyridine rings is 1. The van der Waals surface area contributed by atoms with Crippen LogP contribution in [0.5, 0.6) is 0 Å². The Hall–Kier alpha value is -3.10. The molecule has 0 saturated heterocycles. The number of hydrogen-bond donors (Lipinski definition) is 3. The molecule has 0 amide bonds. The molecular weight excluding hydrogens is 414 g/mol. The molecule has 7 nitrogen and oxygen atoms in total. The van der Waals surface area contributed by atoms with Gasteiger partial charge in [-0.3, -0.25) is 4.79 Å².